The molecule has 11 heteroatoms. The molecule has 0 spiro atoms. The van der Waals surface area contributed by atoms with Gasteiger partial charge in [-0.2, -0.15) is 0 Å². The van der Waals surface area contributed by atoms with E-state index in [4.69, 9.17) is 15.9 Å². The van der Waals surface area contributed by atoms with Crippen LogP contribution in [-0.2, 0) is 22.6 Å². The predicted octanol–water partition coefficient (Wildman–Crippen LogP) is 1.88. The van der Waals surface area contributed by atoms with Crippen LogP contribution in [0.1, 0.15) is 25.5 Å². The van der Waals surface area contributed by atoms with Gasteiger partial charge in [-0.3, -0.25) is 26.4 Å². The summed E-state index contributed by atoms with van der Waals surface area (Å²) in [7, 11) is 1.65. The molecule has 1 saturated heterocycles. The van der Waals surface area contributed by atoms with Crippen molar-refractivity contribution in [2.45, 2.75) is 33.5 Å². The van der Waals surface area contributed by atoms with E-state index in [1.165, 1.54) is 17.9 Å². The van der Waals surface area contributed by atoms with E-state index in [0.29, 0.717) is 24.3 Å². The maximum absolute atomic E-state index is 14.9. The second-order valence-electron chi connectivity index (χ2n) is 7.73. The van der Waals surface area contributed by atoms with Crippen molar-refractivity contribution in [1.82, 2.24) is 15.6 Å². The number of ether oxygens (including phenoxy) is 1. The van der Waals surface area contributed by atoms with E-state index in [1.54, 1.807) is 24.1 Å². The molecule has 7 N–H and O–H groups in total. The molecule has 184 valence electrons. The van der Waals surface area contributed by atoms with Gasteiger partial charge < -0.3 is 20.7 Å². The molecule has 34 heavy (non-hydrogen) atoms. The number of fused-ring (bicyclic) bond motifs is 1. The zero-order valence-electron chi connectivity index (χ0n) is 18.5. The molecule has 0 aliphatic carbocycles. The Bertz CT molecular complexity index is 1060. The third-order valence-electron chi connectivity index (χ3n) is 5.30. The van der Waals surface area contributed by atoms with Gasteiger partial charge in [0, 0.05) is 25.6 Å². The SMILES string of the molecule is C.CC(=O)NCC1CN(c2ccc(-c3ccc4c(c3)CN(C(=N)N)C4)c(F)c2)C(=O)O1.CNN. The number of carbonyl (C=O) groups excluding carboxylic acids is 2. The number of nitrogens with one attached hydrogen (secondary N) is 3. The first-order valence-corrected chi connectivity index (χ1v) is 10.3. The van der Waals surface area contributed by atoms with E-state index in [-0.39, 0.29) is 32.4 Å². The minimum atomic E-state index is -0.570. The molecule has 2 aliphatic rings. The van der Waals surface area contributed by atoms with Crippen LogP contribution in [0.5, 0.6) is 0 Å². The summed E-state index contributed by atoms with van der Waals surface area (Å²) in [6.07, 6.45) is -1.05. The number of carbonyl (C=O) groups is 2. The van der Waals surface area contributed by atoms with Gasteiger partial charge in [-0.25, -0.2) is 9.18 Å². The molecule has 2 heterocycles. The maximum atomic E-state index is 14.9. The van der Waals surface area contributed by atoms with Gasteiger partial charge in [0.15, 0.2) is 5.96 Å². The van der Waals surface area contributed by atoms with E-state index < -0.39 is 18.0 Å². The molecule has 1 atom stereocenters. The highest BCUT2D eigenvalue weighted by Gasteiger charge is 2.32. The number of nitrogens with two attached hydrogens (primary N) is 2. The highest BCUT2D eigenvalue weighted by molar-refractivity contribution is 5.90. The van der Waals surface area contributed by atoms with Crippen LogP contribution in [0, 0.1) is 11.2 Å². The van der Waals surface area contributed by atoms with E-state index in [1.807, 2.05) is 18.2 Å². The first kappa shape index (κ1) is 26.6. The molecule has 1 unspecified atom stereocenters. The summed E-state index contributed by atoms with van der Waals surface area (Å²) in [6, 6.07) is 10.3. The average molecular weight is 474 g/mol. The lowest BCUT2D eigenvalue weighted by atomic mass is 10.00. The summed E-state index contributed by atoms with van der Waals surface area (Å²) in [5.74, 6) is 3.95. The van der Waals surface area contributed by atoms with Gasteiger partial charge in [0.1, 0.15) is 11.9 Å². The largest absolute Gasteiger partial charge is 0.442 e. The lowest BCUT2D eigenvalue weighted by molar-refractivity contribution is -0.119. The van der Waals surface area contributed by atoms with Crippen LogP contribution in [0.2, 0.25) is 0 Å². The third-order valence-corrected chi connectivity index (χ3v) is 5.30. The Kier molecular flexibility index (Phi) is 8.93. The lowest BCUT2D eigenvalue weighted by Crippen LogP contribution is -2.33. The molecular formula is C23H32FN7O3. The molecule has 0 bridgehead atoms. The molecule has 2 amide bonds. The summed E-state index contributed by atoms with van der Waals surface area (Å²) in [6.45, 7) is 2.93. The van der Waals surface area contributed by atoms with Crippen LogP contribution >= 0.6 is 0 Å². The van der Waals surface area contributed by atoms with Crippen molar-refractivity contribution in [1.29, 1.82) is 5.41 Å². The van der Waals surface area contributed by atoms with Crippen LogP contribution in [0.3, 0.4) is 0 Å². The highest BCUT2D eigenvalue weighted by atomic mass is 19.1. The van der Waals surface area contributed by atoms with Gasteiger partial charge in [-0.1, -0.05) is 19.6 Å². The first-order chi connectivity index (χ1) is 15.7. The Morgan fingerprint density at radius 2 is 1.91 bits per heavy atom. The molecule has 2 aliphatic heterocycles. The fourth-order valence-corrected chi connectivity index (χ4v) is 3.73. The number of anilines is 1. The molecule has 0 aromatic heterocycles. The van der Waals surface area contributed by atoms with Crippen LogP contribution in [0.4, 0.5) is 14.9 Å². The summed E-state index contributed by atoms with van der Waals surface area (Å²) in [5.41, 5.74) is 11.4. The zero-order valence-corrected chi connectivity index (χ0v) is 18.5. The minimum absolute atomic E-state index is 0. The van der Waals surface area contributed by atoms with Crippen molar-refractivity contribution in [2.75, 3.05) is 25.0 Å². The molecule has 2 aromatic rings. The van der Waals surface area contributed by atoms with Crippen molar-refractivity contribution in [2.24, 2.45) is 11.6 Å². The van der Waals surface area contributed by atoms with Gasteiger partial charge >= 0.3 is 6.09 Å². The van der Waals surface area contributed by atoms with Gasteiger partial charge in [0.2, 0.25) is 5.91 Å². The molecule has 1 fully saturated rings. The van der Waals surface area contributed by atoms with Gasteiger partial charge in [0.05, 0.1) is 18.8 Å². The number of guanidine groups is 1. The van der Waals surface area contributed by atoms with Crippen LogP contribution in [0.15, 0.2) is 36.4 Å². The molecule has 0 radical (unpaired) electrons. The fraction of sp³-hybridized carbons (Fsp3) is 0.348. The number of halogens is 1. The third kappa shape index (κ3) is 6.00. The topological polar surface area (TPSA) is 150 Å². The summed E-state index contributed by atoms with van der Waals surface area (Å²) < 4.78 is 20.2. The van der Waals surface area contributed by atoms with Crippen LogP contribution in [-0.4, -0.2) is 49.1 Å². The number of hydrogen-bond acceptors (Lipinski definition) is 6. The summed E-state index contributed by atoms with van der Waals surface area (Å²) >= 11 is 0. The van der Waals surface area contributed by atoms with Crippen molar-refractivity contribution in [3.63, 3.8) is 0 Å². The molecule has 4 rings (SSSR count). The number of hydrazine groups is 1. The molecule has 2 aromatic carbocycles. The number of nitrogens with zero attached hydrogens (tertiary/aromatic N) is 2. The lowest BCUT2D eigenvalue weighted by Gasteiger charge is -2.15. The molecular weight excluding hydrogens is 441 g/mol. The maximum Gasteiger partial charge on any atom is 0.414 e. The summed E-state index contributed by atoms with van der Waals surface area (Å²) in [5, 5.41) is 10.2. The van der Waals surface area contributed by atoms with Crippen molar-refractivity contribution >= 4 is 23.6 Å². The zero-order chi connectivity index (χ0) is 24.1. The van der Waals surface area contributed by atoms with Crippen LogP contribution in [0.25, 0.3) is 11.1 Å². The first-order valence-electron chi connectivity index (χ1n) is 10.3. The van der Waals surface area contributed by atoms with E-state index in [0.717, 1.165) is 16.7 Å². The highest BCUT2D eigenvalue weighted by Crippen LogP contribution is 2.32. The predicted molar refractivity (Wildman–Crippen MR) is 129 cm³/mol. The van der Waals surface area contributed by atoms with Gasteiger partial charge in [-0.15, -0.1) is 0 Å². The van der Waals surface area contributed by atoms with Gasteiger partial charge in [0.25, 0.3) is 0 Å². The Balaban J connectivity index is 0.000000970. The Morgan fingerprint density at radius 3 is 2.53 bits per heavy atom. The van der Waals surface area contributed by atoms with Crippen LogP contribution < -0.4 is 27.2 Å². The van der Waals surface area contributed by atoms with E-state index >= 15 is 0 Å². The number of rotatable bonds is 4. The summed E-state index contributed by atoms with van der Waals surface area (Å²) in [4.78, 5) is 26.3. The fourth-order valence-electron chi connectivity index (χ4n) is 3.73. The number of cyclic esters (lactones) is 1. The van der Waals surface area contributed by atoms with Crippen molar-refractivity contribution < 1.29 is 18.7 Å². The number of hydrogen-bond donors (Lipinski definition) is 5. The monoisotopic (exact) mass is 473 g/mol. The Morgan fingerprint density at radius 1 is 1.24 bits per heavy atom. The Labute approximate surface area is 198 Å². The van der Waals surface area contributed by atoms with Gasteiger partial charge in [-0.05, 0) is 48.0 Å². The Hall–Kier alpha value is -3.70. The normalized spacial score (nSPS) is 16.1. The second-order valence-corrected chi connectivity index (χ2v) is 7.73. The minimum Gasteiger partial charge on any atom is -0.442 e. The smallest absolute Gasteiger partial charge is 0.414 e. The molecule has 0 saturated carbocycles. The number of benzene rings is 2. The average Bonchev–Trinajstić information content (AvgIpc) is 3.35. The quantitative estimate of drug-likeness (QED) is 0.197. The van der Waals surface area contributed by atoms with E-state index in [9.17, 15) is 14.0 Å². The van der Waals surface area contributed by atoms with Crippen molar-refractivity contribution in [3.8, 4) is 11.1 Å². The second kappa shape index (κ2) is 11.4. The van der Waals surface area contributed by atoms with E-state index in [2.05, 4.69) is 16.6 Å². The molecule has 10 nitrogen and oxygen atoms in total. The standard InChI is InChI=1S/C21H22FN5O3.CH6N2.CH4/c1-12(28)25-8-17-11-27(21(29)30-17)16-4-5-18(19(22)7-16)13-2-3-14-9-26(20(23)24)10-15(14)6-13;1-3-2;/h2-7,17H,8-11H2,1H3,(H3,23,24)(H,25,28);3H,2H2,1H3;1H4. The van der Waals surface area contributed by atoms with Crippen molar-refractivity contribution in [3.05, 3.63) is 53.3 Å². The number of amides is 2.